The van der Waals surface area contributed by atoms with Crippen molar-refractivity contribution in [3.63, 3.8) is 0 Å². The third kappa shape index (κ3) is 4.60. The van der Waals surface area contributed by atoms with Crippen molar-refractivity contribution in [3.05, 3.63) is 22.8 Å². The molecule has 0 amide bonds. The van der Waals surface area contributed by atoms with Crippen LogP contribution in [0.1, 0.15) is 19.8 Å². The number of aliphatic imine (C=N–C) groups is 1. The summed E-state index contributed by atoms with van der Waals surface area (Å²) in [6.07, 6.45) is 1.19. The number of sulfonamides is 1. The molecule has 0 atom stereocenters. The lowest BCUT2D eigenvalue weighted by Gasteiger charge is -2.37. The zero-order chi connectivity index (χ0) is 19.4. The topological polar surface area (TPSA) is 65.5 Å². The Bertz CT molecular complexity index is 728. The number of likely N-dealkylation sites (N-methyl/N-ethyl adjacent to an activating group) is 1. The van der Waals surface area contributed by atoms with E-state index in [0.717, 1.165) is 32.7 Å². The normalized spacial score (nSPS) is 22.0. The fraction of sp³-hybridized carbons (Fsp3) is 0.706. The van der Waals surface area contributed by atoms with Crippen molar-refractivity contribution >= 4 is 16.0 Å². The van der Waals surface area contributed by atoms with Gasteiger partial charge in [0.25, 0.3) is 16.4 Å². The maximum Gasteiger partial charge on any atom is 0.272 e. The first-order valence-corrected chi connectivity index (χ1v) is 10.7. The van der Waals surface area contributed by atoms with E-state index >= 15 is 0 Å². The molecule has 3 aliphatic rings. The molecule has 2 heterocycles. The zero-order valence-corrected chi connectivity index (χ0v) is 16.3. The number of ether oxygens (including phenoxy) is 1. The smallest absolute Gasteiger partial charge is 0.272 e. The van der Waals surface area contributed by atoms with E-state index in [1.54, 1.807) is 6.08 Å². The summed E-state index contributed by atoms with van der Waals surface area (Å²) in [5.41, 5.74) is 0. The Hall–Kier alpha value is -1.68. The minimum absolute atomic E-state index is 0.189. The first-order chi connectivity index (χ1) is 12.9. The van der Waals surface area contributed by atoms with Gasteiger partial charge in [0.2, 0.25) is 5.96 Å². The first-order valence-electron chi connectivity index (χ1n) is 9.28. The van der Waals surface area contributed by atoms with E-state index in [0.29, 0.717) is 31.9 Å². The fourth-order valence-corrected chi connectivity index (χ4v) is 5.05. The van der Waals surface area contributed by atoms with Crippen LogP contribution in [0.4, 0.5) is 8.78 Å². The van der Waals surface area contributed by atoms with Crippen LogP contribution in [0.3, 0.4) is 0 Å². The average molecular weight is 404 g/mol. The maximum atomic E-state index is 13.2. The molecule has 0 unspecified atom stereocenters. The van der Waals surface area contributed by atoms with Crippen molar-refractivity contribution in [1.29, 1.82) is 0 Å². The predicted molar refractivity (Wildman–Crippen MR) is 99.0 cm³/mol. The second-order valence-corrected chi connectivity index (χ2v) is 8.55. The van der Waals surface area contributed by atoms with Crippen LogP contribution in [-0.4, -0.2) is 87.3 Å². The molecule has 152 valence electrons. The Morgan fingerprint density at radius 3 is 2.63 bits per heavy atom. The van der Waals surface area contributed by atoms with Gasteiger partial charge in [-0.3, -0.25) is 4.99 Å². The molecule has 7 nitrogen and oxygen atoms in total. The number of hydrogen-bond acceptors (Lipinski definition) is 6. The number of rotatable bonds is 6. The summed E-state index contributed by atoms with van der Waals surface area (Å²) in [7, 11) is -3.75. The van der Waals surface area contributed by atoms with Gasteiger partial charge in [-0.25, -0.2) is 21.5 Å². The third-order valence-electron chi connectivity index (χ3n) is 4.92. The molecular formula is C17H26F2N4O3S. The van der Waals surface area contributed by atoms with Gasteiger partial charge in [-0.1, -0.05) is 6.92 Å². The van der Waals surface area contributed by atoms with Crippen molar-refractivity contribution in [1.82, 2.24) is 14.1 Å². The number of piperazine rings is 1. The van der Waals surface area contributed by atoms with Crippen molar-refractivity contribution in [2.45, 2.75) is 26.2 Å². The predicted octanol–water partition coefficient (Wildman–Crippen LogP) is 1.47. The Morgan fingerprint density at radius 2 is 1.96 bits per heavy atom. The van der Waals surface area contributed by atoms with Gasteiger partial charge < -0.3 is 14.5 Å². The molecule has 0 N–H and O–H groups in total. The quantitative estimate of drug-likeness (QED) is 0.671. The average Bonchev–Trinajstić information content (AvgIpc) is 3.17. The molecule has 0 bridgehead atoms. The van der Waals surface area contributed by atoms with Crippen molar-refractivity contribution < 1.29 is 21.9 Å². The van der Waals surface area contributed by atoms with Crippen LogP contribution in [0.2, 0.25) is 0 Å². The second kappa shape index (κ2) is 8.55. The van der Waals surface area contributed by atoms with Crippen LogP contribution < -0.4 is 0 Å². The molecule has 0 spiro atoms. The molecule has 1 aliphatic carbocycles. The zero-order valence-electron chi connectivity index (χ0n) is 15.5. The molecule has 0 saturated carbocycles. The minimum Gasteiger partial charge on any atom is -0.488 e. The molecule has 2 aliphatic heterocycles. The molecule has 0 radical (unpaired) electrons. The number of hydrogen-bond donors (Lipinski definition) is 0. The summed E-state index contributed by atoms with van der Waals surface area (Å²) >= 11 is 0. The third-order valence-corrected chi connectivity index (χ3v) is 6.83. The maximum absolute atomic E-state index is 13.2. The van der Waals surface area contributed by atoms with Crippen LogP contribution in [0.5, 0.6) is 0 Å². The highest BCUT2D eigenvalue weighted by atomic mass is 32.2. The van der Waals surface area contributed by atoms with Gasteiger partial charge in [-0.05, 0) is 31.5 Å². The van der Waals surface area contributed by atoms with Gasteiger partial charge in [-0.2, -0.15) is 0 Å². The van der Waals surface area contributed by atoms with Gasteiger partial charge in [0, 0.05) is 26.2 Å². The van der Waals surface area contributed by atoms with E-state index in [4.69, 9.17) is 4.74 Å². The molecule has 3 rings (SSSR count). The summed E-state index contributed by atoms with van der Waals surface area (Å²) in [4.78, 5) is 8.95. The molecular weight excluding hydrogens is 378 g/mol. The van der Waals surface area contributed by atoms with Gasteiger partial charge >= 0.3 is 0 Å². The molecule has 1 fully saturated rings. The highest BCUT2D eigenvalue weighted by molar-refractivity contribution is 7.93. The second-order valence-electron chi connectivity index (χ2n) is 6.64. The standard InChI is InChI=1S/C17H26F2N4O3S/c1-2-21-8-10-22(11-9-21)17-20-6-7-23(17)27(24,25)15-5-3-4-14(12-15)26-13-16(18)19/h4,12,16H,2-3,5-11,13H2,1H3. The lowest BCUT2D eigenvalue weighted by molar-refractivity contribution is 0.0520. The van der Waals surface area contributed by atoms with E-state index in [-0.39, 0.29) is 10.7 Å². The number of allylic oxidation sites excluding steroid dienone is 3. The Labute approximate surface area is 159 Å². The summed E-state index contributed by atoms with van der Waals surface area (Å²) in [6, 6.07) is 0. The highest BCUT2D eigenvalue weighted by Gasteiger charge is 2.36. The molecule has 1 saturated heterocycles. The van der Waals surface area contributed by atoms with E-state index < -0.39 is 23.1 Å². The summed E-state index contributed by atoms with van der Waals surface area (Å²) in [5.74, 6) is 0.686. The minimum atomic E-state index is -3.75. The van der Waals surface area contributed by atoms with Crippen molar-refractivity contribution in [2.75, 3.05) is 52.4 Å². The van der Waals surface area contributed by atoms with Crippen LogP contribution in [0, 0.1) is 0 Å². The molecule has 0 aromatic heterocycles. The van der Waals surface area contributed by atoms with Crippen molar-refractivity contribution in [3.8, 4) is 0 Å². The van der Waals surface area contributed by atoms with Crippen LogP contribution in [0.25, 0.3) is 0 Å². The van der Waals surface area contributed by atoms with Crippen LogP contribution >= 0.6 is 0 Å². The van der Waals surface area contributed by atoms with Gasteiger partial charge in [0.15, 0.2) is 0 Å². The SMILES string of the molecule is CCN1CCN(C2=NCCN2S(=O)(=O)C2=CC(OCC(F)F)=CCC2)CC1. The Kier molecular flexibility index (Phi) is 6.36. The fourth-order valence-electron chi connectivity index (χ4n) is 3.42. The van der Waals surface area contributed by atoms with Crippen molar-refractivity contribution in [2.24, 2.45) is 4.99 Å². The summed E-state index contributed by atoms with van der Waals surface area (Å²) in [6.45, 7) is 6.30. The van der Waals surface area contributed by atoms with E-state index in [2.05, 4.69) is 16.8 Å². The molecule has 0 aromatic carbocycles. The number of nitrogens with zero attached hydrogens (tertiary/aromatic N) is 4. The first kappa shape index (κ1) is 20.1. The van der Waals surface area contributed by atoms with Crippen LogP contribution in [-0.2, 0) is 14.8 Å². The van der Waals surface area contributed by atoms with E-state index in [1.165, 1.54) is 10.4 Å². The monoisotopic (exact) mass is 404 g/mol. The van der Waals surface area contributed by atoms with Gasteiger partial charge in [0.05, 0.1) is 18.0 Å². The van der Waals surface area contributed by atoms with Crippen LogP contribution in [0.15, 0.2) is 27.8 Å². The lowest BCUT2D eigenvalue weighted by atomic mass is 10.2. The highest BCUT2D eigenvalue weighted by Crippen LogP contribution is 2.28. The van der Waals surface area contributed by atoms with Gasteiger partial charge in [-0.15, -0.1) is 0 Å². The molecule has 0 aromatic rings. The summed E-state index contributed by atoms with van der Waals surface area (Å²) in [5, 5.41) is 0. The molecule has 10 heteroatoms. The Balaban J connectivity index is 1.72. The Morgan fingerprint density at radius 1 is 1.22 bits per heavy atom. The van der Waals surface area contributed by atoms with E-state index in [9.17, 15) is 17.2 Å². The number of halogens is 2. The number of guanidine groups is 1. The van der Waals surface area contributed by atoms with E-state index in [1.807, 2.05) is 4.90 Å². The number of alkyl halides is 2. The summed E-state index contributed by atoms with van der Waals surface area (Å²) < 4.78 is 57.4. The largest absolute Gasteiger partial charge is 0.488 e. The lowest BCUT2D eigenvalue weighted by Crippen LogP contribution is -2.53. The van der Waals surface area contributed by atoms with Gasteiger partial charge in [0.1, 0.15) is 12.4 Å². The molecule has 27 heavy (non-hydrogen) atoms.